The molecule has 16 saturated carbocycles. The Kier molecular flexibility index (Phi) is 31.0. The Balaban J connectivity index is 0.000000189. The quantitative estimate of drug-likeness (QED) is 0.0550. The van der Waals surface area contributed by atoms with Crippen molar-refractivity contribution in [2.75, 3.05) is 32.8 Å². The van der Waals surface area contributed by atoms with E-state index in [2.05, 4.69) is 183 Å². The Hall–Kier alpha value is -1.65. The second-order valence-corrected chi connectivity index (χ2v) is 56.8. The molecule has 0 heterocycles. The SMILES string of the molecule is CC(C)CCC[C@@H](C)[C@H]1CC[C@H]2[C@@H]3CC=C4C[C@H](OC(=O)[C@]56CC[C@@H](C(C)C)C5[C@H]5CC[C@@H]7[C@@]8(C)CC[C@H](O)C(C)(C)C8CC[C@@]7(C)[C@]5(C)CC6)CC[C@]4(C)[C@H]3CC[C@]12C.CCOC.COCC(=O)O[C@H]1CC[C@@]2(C)C(CC[C@]3(C)[C@@H]2CC[C@@H]2C4[C@H](C(C)C)CC[C@]4(C(=O)O[C@@H]4CC[C@@]5(C)C(=CC[C@H]6[C@@H]7CC[C@H]([C@H](C)CCCC(C)C)[C@@]7(C)CC[C@@H]65)C4)CC[C@]23C)C1(C)C.ClCCl. The van der Waals surface area contributed by atoms with E-state index >= 15 is 9.59 Å². The Morgan fingerprint density at radius 1 is 0.394 bits per heavy atom. The smallest absolute Gasteiger partial charge is 0.332 e. The summed E-state index contributed by atoms with van der Waals surface area (Å²) in [6.07, 6.45) is 57.2. The van der Waals surface area contributed by atoms with E-state index in [-0.39, 0.29) is 119 Å². The van der Waals surface area contributed by atoms with E-state index in [0.29, 0.717) is 81.8 Å². The van der Waals surface area contributed by atoms with Crippen LogP contribution < -0.4 is 0 Å². The van der Waals surface area contributed by atoms with Gasteiger partial charge in [-0.25, -0.2) is 4.79 Å². The van der Waals surface area contributed by atoms with Crippen molar-refractivity contribution in [3.05, 3.63) is 23.3 Å². The van der Waals surface area contributed by atoms with E-state index in [1.807, 2.05) is 6.92 Å². The van der Waals surface area contributed by atoms with Crippen LogP contribution in [0, 0.1) is 218 Å². The topological polar surface area (TPSA) is 118 Å². The third kappa shape index (κ3) is 17.2. The van der Waals surface area contributed by atoms with E-state index in [9.17, 15) is 9.90 Å². The van der Waals surface area contributed by atoms with Gasteiger partial charge in [0.1, 0.15) is 24.9 Å². The number of carbonyl (C=O) groups is 3. The van der Waals surface area contributed by atoms with Crippen LogP contribution >= 0.6 is 23.2 Å². The second-order valence-electron chi connectivity index (χ2n) is 56.0. The zero-order valence-corrected chi connectivity index (χ0v) is 91.6. The standard InChI is InChI=1S/C60H98O5.C57H94O3.C3H8O.CH2Cl2/c1-37(2)15-14-16-39(5)44-19-20-45-43-18-17-40-35-41(23-28-55(40,8)46(43)25-29-56(44,45)9)64-53(62)60-32-24-42(38(3)4)52(60)47-21-22-49-57(10)30-27-50(65-51(61)36-63-13)54(6,7)48(57)26-31-59(49,12)58(47,11)33-34-60;1-35(2)14-13-15-37(5)42-18-19-43-41-17-16-38-34-39(22-27-52(38,8)44(41)24-28-53(42,43)9)60-50(59)57-31-23-40(36(3)4)49(57)45-20-21-47-54(10)29-26-48(58)51(6,7)46(54)25-30-56(47,12)55(45,11)32-33-57;1-3-4-2;2-1-3/h17,37-39,41-50,52H,14-16,18-36H2,1-13H3;16,35-37,39-49,58H,13-15,17-34H2,1-12H3;3H2,1-2H3;1H2/t39-,41-,42+,43+,44-,45+,46+,47-,48?,49-,50+,52?,55+,56-,57+,58-,59-,60+;37-,39-,40+,41+,42-,43+,44+,45-,46?,47-,48+,49?,52+,53-,54+,55-,56-,57+;;/m11../s1. The van der Waals surface area contributed by atoms with Crippen LogP contribution in [0.4, 0.5) is 0 Å². The number of aliphatic hydroxyl groups excluding tert-OH is 1. The van der Waals surface area contributed by atoms with Crippen molar-refractivity contribution in [3.8, 4) is 0 Å². The van der Waals surface area contributed by atoms with Crippen LogP contribution in [0.5, 0.6) is 0 Å². The number of rotatable bonds is 20. The molecule has 9 nitrogen and oxygen atoms in total. The number of fused-ring (bicyclic) bond motifs is 24. The summed E-state index contributed by atoms with van der Waals surface area (Å²) in [5, 5.41) is 11.4. The van der Waals surface area contributed by atoms with E-state index in [0.717, 1.165) is 155 Å². The summed E-state index contributed by atoms with van der Waals surface area (Å²) in [6, 6.07) is 0. The summed E-state index contributed by atoms with van der Waals surface area (Å²) in [6.45, 7) is 63.9. The minimum Gasteiger partial charge on any atom is -0.462 e. The van der Waals surface area contributed by atoms with E-state index in [4.69, 9.17) is 42.1 Å². The van der Waals surface area contributed by atoms with Crippen LogP contribution in [0.2, 0.25) is 0 Å². The predicted molar refractivity (Wildman–Crippen MR) is 546 cm³/mol. The van der Waals surface area contributed by atoms with Gasteiger partial charge in [-0.05, 0) is 427 Å². The van der Waals surface area contributed by atoms with Gasteiger partial charge in [0.25, 0.3) is 0 Å². The average Bonchev–Trinajstić information content (AvgIpc) is 1.13. The second kappa shape index (κ2) is 39.1. The number of hydrogen-bond donors (Lipinski definition) is 1. The number of esters is 3. The average molecular weight is 1870 g/mol. The first-order valence-corrected chi connectivity index (χ1v) is 58.0. The number of alkyl halides is 2. The number of halogens is 2. The Labute approximate surface area is 820 Å². The maximum atomic E-state index is 15.4. The molecule has 0 aromatic rings. The molecule has 0 saturated heterocycles. The first kappa shape index (κ1) is 105. The number of methoxy groups -OCH3 is 2. The Morgan fingerprint density at radius 3 is 1.18 bits per heavy atom. The van der Waals surface area contributed by atoms with Crippen molar-refractivity contribution in [2.24, 2.45) is 218 Å². The largest absolute Gasteiger partial charge is 0.462 e. The summed E-state index contributed by atoms with van der Waals surface area (Å²) in [7, 11) is 3.26. The van der Waals surface area contributed by atoms with Gasteiger partial charge in [-0.1, -0.05) is 228 Å². The van der Waals surface area contributed by atoms with Gasteiger partial charge in [-0.2, -0.15) is 0 Å². The van der Waals surface area contributed by atoms with Gasteiger partial charge in [0, 0.05) is 39.1 Å². The highest BCUT2D eigenvalue weighted by atomic mass is 35.5. The number of hydrogen-bond acceptors (Lipinski definition) is 9. The molecular formula is C121H202Cl2O9. The third-order valence-electron chi connectivity index (χ3n) is 49.3. The fourth-order valence-corrected chi connectivity index (χ4v) is 42.0. The van der Waals surface area contributed by atoms with Gasteiger partial charge < -0.3 is 28.8 Å². The van der Waals surface area contributed by atoms with Crippen LogP contribution in [0.1, 0.15) is 443 Å². The lowest BCUT2D eigenvalue weighted by Crippen LogP contribution is -2.67. The summed E-state index contributed by atoms with van der Waals surface area (Å²) < 4.78 is 29.9. The Bertz CT molecular complexity index is 4040. The molecule has 18 aliphatic rings. The van der Waals surface area contributed by atoms with Crippen LogP contribution in [0.3, 0.4) is 0 Å². The molecule has 754 valence electrons. The minimum atomic E-state index is -0.332. The fraction of sp³-hybridized carbons (Fsp3) is 0.942. The van der Waals surface area contributed by atoms with Gasteiger partial charge in [0.05, 0.1) is 22.3 Å². The van der Waals surface area contributed by atoms with Crippen LogP contribution in [0.15, 0.2) is 23.3 Å². The van der Waals surface area contributed by atoms with Crippen LogP contribution in [0.25, 0.3) is 0 Å². The lowest BCUT2D eigenvalue weighted by molar-refractivity contribution is -0.253. The minimum absolute atomic E-state index is 0.0136. The fourth-order valence-electron chi connectivity index (χ4n) is 42.0. The van der Waals surface area contributed by atoms with E-state index in [1.165, 1.54) is 193 Å². The van der Waals surface area contributed by atoms with Crippen molar-refractivity contribution in [1.29, 1.82) is 0 Å². The van der Waals surface area contributed by atoms with Crippen molar-refractivity contribution in [2.45, 2.75) is 467 Å². The molecule has 0 aliphatic heterocycles. The van der Waals surface area contributed by atoms with Crippen molar-refractivity contribution >= 4 is 41.1 Å². The molecule has 16 fully saturated rings. The molecule has 4 unspecified atom stereocenters. The zero-order chi connectivity index (χ0) is 95.8. The van der Waals surface area contributed by atoms with Gasteiger partial charge in [0.2, 0.25) is 0 Å². The molecule has 132 heavy (non-hydrogen) atoms. The highest BCUT2D eigenvalue weighted by Gasteiger charge is 2.76. The van der Waals surface area contributed by atoms with Crippen molar-refractivity contribution in [3.63, 3.8) is 0 Å². The molecule has 36 atom stereocenters. The van der Waals surface area contributed by atoms with Gasteiger partial charge >= 0.3 is 17.9 Å². The zero-order valence-electron chi connectivity index (χ0n) is 90.1. The summed E-state index contributed by atoms with van der Waals surface area (Å²) in [4.78, 5) is 43.3. The van der Waals surface area contributed by atoms with E-state index < -0.39 is 0 Å². The maximum Gasteiger partial charge on any atom is 0.332 e. The monoisotopic (exact) mass is 1870 g/mol. The van der Waals surface area contributed by atoms with Gasteiger partial charge in [-0.3, -0.25) is 9.59 Å². The third-order valence-corrected chi connectivity index (χ3v) is 49.3. The first-order valence-electron chi connectivity index (χ1n) is 56.9. The molecule has 0 spiro atoms. The molecule has 0 bridgehead atoms. The summed E-state index contributed by atoms with van der Waals surface area (Å²) in [5.74, 6) is 17.2. The normalized spacial score (nSPS) is 48.2. The number of ether oxygens (including phenoxy) is 5. The molecule has 0 aromatic carbocycles. The molecule has 0 radical (unpaired) electrons. The molecule has 1 N–H and O–H groups in total. The summed E-state index contributed by atoms with van der Waals surface area (Å²) >= 11 is 9.53. The molecule has 18 aliphatic carbocycles. The van der Waals surface area contributed by atoms with Crippen molar-refractivity contribution < 1.29 is 43.2 Å². The number of allylic oxidation sites excluding steroid dienone is 2. The van der Waals surface area contributed by atoms with Gasteiger partial charge in [-0.15, -0.1) is 23.2 Å². The van der Waals surface area contributed by atoms with Crippen molar-refractivity contribution in [1.82, 2.24) is 0 Å². The lowest BCUT2D eigenvalue weighted by atomic mass is 9.32. The Morgan fingerprint density at radius 2 is 0.788 bits per heavy atom. The van der Waals surface area contributed by atoms with Gasteiger partial charge in [0.15, 0.2) is 0 Å². The molecule has 11 heteroatoms. The summed E-state index contributed by atoms with van der Waals surface area (Å²) in [5.41, 5.74) is 5.62. The highest BCUT2D eigenvalue weighted by molar-refractivity contribution is 6.40. The highest BCUT2D eigenvalue weighted by Crippen LogP contribution is 2.82. The lowest BCUT2D eigenvalue weighted by Gasteiger charge is -2.72. The molecular weight excluding hydrogens is 1670 g/mol. The number of aliphatic hydroxyl groups is 1. The molecule has 18 rings (SSSR count). The molecule has 0 aromatic heterocycles. The van der Waals surface area contributed by atoms with E-state index in [1.54, 1.807) is 25.4 Å². The first-order chi connectivity index (χ1) is 62.1. The van der Waals surface area contributed by atoms with Crippen LogP contribution in [-0.2, 0) is 38.1 Å². The molecule has 0 amide bonds. The maximum absolute atomic E-state index is 15.4. The van der Waals surface area contributed by atoms with Crippen LogP contribution in [-0.4, -0.2) is 80.2 Å². The number of carbonyl (C=O) groups excluding carboxylic acids is 3. The predicted octanol–water partition coefficient (Wildman–Crippen LogP) is 32.3.